The van der Waals surface area contributed by atoms with Gasteiger partial charge in [-0.2, -0.15) is 5.26 Å². The molecule has 0 aromatic heterocycles. The van der Waals surface area contributed by atoms with Crippen molar-refractivity contribution in [2.24, 2.45) is 11.1 Å². The van der Waals surface area contributed by atoms with Crippen molar-refractivity contribution >= 4 is 5.91 Å². The molecule has 5 heteroatoms. The number of nitriles is 1. The van der Waals surface area contributed by atoms with Crippen LogP contribution in [0.5, 0.6) is 0 Å². The van der Waals surface area contributed by atoms with E-state index in [2.05, 4.69) is 6.07 Å². The molecular weight excluding hydrogens is 218 g/mol. The normalized spacial score (nSPS) is 17.0. The van der Waals surface area contributed by atoms with Crippen LogP contribution in [0.25, 0.3) is 0 Å². The summed E-state index contributed by atoms with van der Waals surface area (Å²) in [7, 11) is 1.61. The third-order valence-corrected chi connectivity index (χ3v) is 3.50. The van der Waals surface area contributed by atoms with Crippen LogP contribution in [0, 0.1) is 16.7 Å². The maximum atomic E-state index is 12.4. The van der Waals surface area contributed by atoms with Crippen molar-refractivity contribution in [3.05, 3.63) is 0 Å². The van der Waals surface area contributed by atoms with E-state index >= 15 is 0 Å². The number of carbonyl (C=O) groups excluding carboxylic acids is 1. The van der Waals surface area contributed by atoms with Gasteiger partial charge >= 0.3 is 0 Å². The molecule has 1 aliphatic carbocycles. The highest BCUT2D eigenvalue weighted by Crippen LogP contribution is 2.41. The molecule has 0 saturated heterocycles. The van der Waals surface area contributed by atoms with Crippen molar-refractivity contribution in [1.82, 2.24) is 4.90 Å². The minimum Gasteiger partial charge on any atom is -0.383 e. The fraction of sp³-hybridized carbons (Fsp3) is 0.833. The van der Waals surface area contributed by atoms with E-state index in [1.807, 2.05) is 0 Å². The maximum Gasteiger partial charge on any atom is 0.230 e. The van der Waals surface area contributed by atoms with Crippen molar-refractivity contribution in [1.29, 1.82) is 5.26 Å². The molecule has 0 spiro atoms. The summed E-state index contributed by atoms with van der Waals surface area (Å²) in [6.45, 7) is 1.92. The summed E-state index contributed by atoms with van der Waals surface area (Å²) in [5.41, 5.74) is 5.36. The third kappa shape index (κ3) is 3.18. The minimum absolute atomic E-state index is 0.0959. The molecule has 1 fully saturated rings. The highest BCUT2D eigenvalue weighted by atomic mass is 16.5. The van der Waals surface area contributed by atoms with E-state index in [4.69, 9.17) is 15.7 Å². The molecule has 0 unspecified atom stereocenters. The molecule has 0 heterocycles. The van der Waals surface area contributed by atoms with Crippen LogP contribution in [0.1, 0.15) is 25.7 Å². The molecule has 1 amide bonds. The van der Waals surface area contributed by atoms with Gasteiger partial charge in [0.2, 0.25) is 5.91 Å². The van der Waals surface area contributed by atoms with Crippen LogP contribution in [0.3, 0.4) is 0 Å². The van der Waals surface area contributed by atoms with E-state index in [0.717, 1.165) is 19.3 Å². The number of amides is 1. The number of carbonyl (C=O) groups is 1. The highest BCUT2D eigenvalue weighted by molar-refractivity contribution is 5.84. The maximum absolute atomic E-state index is 12.4. The highest BCUT2D eigenvalue weighted by Gasteiger charge is 2.44. The summed E-state index contributed by atoms with van der Waals surface area (Å²) < 4.78 is 4.99. The van der Waals surface area contributed by atoms with Crippen molar-refractivity contribution < 1.29 is 9.53 Å². The van der Waals surface area contributed by atoms with Gasteiger partial charge in [0.05, 0.1) is 24.5 Å². The predicted octanol–water partition coefficient (Wildman–Crippen LogP) is 0.504. The van der Waals surface area contributed by atoms with Crippen LogP contribution in [0.4, 0.5) is 0 Å². The number of nitrogens with zero attached hydrogens (tertiary/aromatic N) is 2. The lowest BCUT2D eigenvalue weighted by atomic mass is 9.68. The Balaban J connectivity index is 2.61. The Morgan fingerprint density at radius 3 is 2.65 bits per heavy atom. The van der Waals surface area contributed by atoms with Crippen molar-refractivity contribution in [3.8, 4) is 6.07 Å². The minimum atomic E-state index is -0.358. The van der Waals surface area contributed by atoms with Gasteiger partial charge < -0.3 is 15.4 Å². The van der Waals surface area contributed by atoms with Gasteiger partial charge in [-0.1, -0.05) is 6.42 Å². The third-order valence-electron chi connectivity index (χ3n) is 3.50. The Bertz CT molecular complexity index is 289. The van der Waals surface area contributed by atoms with Crippen LogP contribution in [-0.2, 0) is 9.53 Å². The summed E-state index contributed by atoms with van der Waals surface area (Å²) in [6, 6.07) is 2.07. The van der Waals surface area contributed by atoms with E-state index in [-0.39, 0.29) is 11.3 Å². The molecule has 17 heavy (non-hydrogen) atoms. The van der Waals surface area contributed by atoms with Crippen LogP contribution in [-0.4, -0.2) is 44.2 Å². The summed E-state index contributed by atoms with van der Waals surface area (Å²) in [5, 5.41) is 8.61. The molecule has 1 saturated carbocycles. The standard InChI is InChI=1S/C12H21N3O2/c1-17-9-8-15(7-3-6-13)11(16)12(10-14)4-2-5-12/h2-5,7-10,14H2,1H3. The zero-order chi connectivity index (χ0) is 12.7. The Morgan fingerprint density at radius 2 is 2.24 bits per heavy atom. The van der Waals surface area contributed by atoms with Crippen molar-refractivity contribution in [3.63, 3.8) is 0 Å². The van der Waals surface area contributed by atoms with Crippen molar-refractivity contribution in [2.45, 2.75) is 25.7 Å². The van der Waals surface area contributed by atoms with Gasteiger partial charge in [0, 0.05) is 26.7 Å². The number of nitrogens with two attached hydrogens (primary N) is 1. The molecule has 96 valence electrons. The van der Waals surface area contributed by atoms with Gasteiger partial charge in [-0.15, -0.1) is 0 Å². The van der Waals surface area contributed by atoms with Crippen LogP contribution in [0.15, 0.2) is 0 Å². The zero-order valence-electron chi connectivity index (χ0n) is 10.4. The van der Waals surface area contributed by atoms with E-state index in [1.54, 1.807) is 12.0 Å². The van der Waals surface area contributed by atoms with E-state index < -0.39 is 0 Å². The zero-order valence-corrected chi connectivity index (χ0v) is 10.4. The molecule has 0 bridgehead atoms. The Hall–Kier alpha value is -1.12. The number of ether oxygens (including phenoxy) is 1. The average Bonchev–Trinajstić information content (AvgIpc) is 2.28. The second kappa shape index (κ2) is 6.58. The second-order valence-electron chi connectivity index (χ2n) is 4.53. The first-order chi connectivity index (χ1) is 8.20. The van der Waals surface area contributed by atoms with Crippen LogP contribution >= 0.6 is 0 Å². The molecule has 0 aromatic rings. The van der Waals surface area contributed by atoms with Crippen LogP contribution < -0.4 is 5.73 Å². The molecule has 2 N–H and O–H groups in total. The van der Waals surface area contributed by atoms with Gasteiger partial charge in [0.15, 0.2) is 0 Å². The van der Waals surface area contributed by atoms with E-state index in [0.29, 0.717) is 32.7 Å². The first-order valence-electron chi connectivity index (χ1n) is 6.05. The van der Waals surface area contributed by atoms with Crippen LogP contribution in [0.2, 0.25) is 0 Å². The summed E-state index contributed by atoms with van der Waals surface area (Å²) in [5.74, 6) is 0.0959. The summed E-state index contributed by atoms with van der Waals surface area (Å²) in [4.78, 5) is 14.1. The van der Waals surface area contributed by atoms with Gasteiger partial charge in [0.25, 0.3) is 0 Å². The topological polar surface area (TPSA) is 79.3 Å². The second-order valence-corrected chi connectivity index (χ2v) is 4.53. The first kappa shape index (κ1) is 13.9. The monoisotopic (exact) mass is 239 g/mol. The molecule has 0 radical (unpaired) electrons. The Labute approximate surface area is 103 Å². The predicted molar refractivity (Wildman–Crippen MR) is 64.0 cm³/mol. The Morgan fingerprint density at radius 1 is 1.53 bits per heavy atom. The van der Waals surface area contributed by atoms with Gasteiger partial charge in [0.1, 0.15) is 0 Å². The van der Waals surface area contributed by atoms with Gasteiger partial charge in [-0.05, 0) is 12.8 Å². The number of methoxy groups -OCH3 is 1. The Kier molecular flexibility index (Phi) is 5.39. The summed E-state index contributed by atoms with van der Waals surface area (Å²) >= 11 is 0. The number of rotatable bonds is 7. The quantitative estimate of drug-likeness (QED) is 0.701. The van der Waals surface area contributed by atoms with E-state index in [9.17, 15) is 4.79 Å². The largest absolute Gasteiger partial charge is 0.383 e. The SMILES string of the molecule is COCCN(CCC#N)C(=O)C1(CN)CCC1. The average molecular weight is 239 g/mol. The fourth-order valence-corrected chi connectivity index (χ4v) is 2.15. The lowest BCUT2D eigenvalue weighted by molar-refractivity contribution is -0.147. The lowest BCUT2D eigenvalue weighted by Gasteiger charge is -2.42. The molecule has 0 aromatic carbocycles. The van der Waals surface area contributed by atoms with Gasteiger partial charge in [-0.25, -0.2) is 0 Å². The molecule has 1 aliphatic rings. The first-order valence-corrected chi connectivity index (χ1v) is 6.05. The molecule has 0 atom stereocenters. The molecule has 0 aliphatic heterocycles. The fourth-order valence-electron chi connectivity index (χ4n) is 2.15. The summed E-state index contributed by atoms with van der Waals surface area (Å²) in [6.07, 6.45) is 3.17. The number of hydrogen-bond donors (Lipinski definition) is 1. The molecule has 5 nitrogen and oxygen atoms in total. The molecular formula is C12H21N3O2. The number of hydrogen-bond acceptors (Lipinski definition) is 4. The van der Waals surface area contributed by atoms with Crippen molar-refractivity contribution in [2.75, 3.05) is 33.4 Å². The lowest BCUT2D eigenvalue weighted by Crippen LogP contribution is -2.52. The van der Waals surface area contributed by atoms with E-state index in [1.165, 1.54) is 0 Å². The smallest absolute Gasteiger partial charge is 0.230 e. The van der Waals surface area contributed by atoms with Gasteiger partial charge in [-0.3, -0.25) is 4.79 Å². The molecule has 1 rings (SSSR count).